The van der Waals surface area contributed by atoms with E-state index in [0.717, 1.165) is 53.6 Å². The second-order valence-electron chi connectivity index (χ2n) is 7.96. The molecule has 4 rings (SSSR count). The number of piperidine rings is 1. The molecule has 0 unspecified atom stereocenters. The summed E-state index contributed by atoms with van der Waals surface area (Å²) >= 11 is 15.0. The van der Waals surface area contributed by atoms with Gasteiger partial charge in [0.15, 0.2) is 4.34 Å². The first-order valence-corrected chi connectivity index (χ1v) is 13.3. The molecule has 0 spiro atoms. The lowest BCUT2D eigenvalue weighted by Crippen LogP contribution is -2.44. The van der Waals surface area contributed by atoms with Crippen molar-refractivity contribution in [1.82, 2.24) is 15.2 Å². The van der Waals surface area contributed by atoms with Crippen LogP contribution in [0, 0.1) is 10.1 Å². The highest BCUT2D eigenvalue weighted by Crippen LogP contribution is 2.29. The lowest BCUT2D eigenvalue weighted by molar-refractivity contribution is -0.384. The van der Waals surface area contributed by atoms with E-state index in [4.69, 9.17) is 23.2 Å². The highest BCUT2D eigenvalue weighted by molar-refractivity contribution is 8.01. The van der Waals surface area contributed by atoms with Gasteiger partial charge < -0.3 is 5.32 Å². The van der Waals surface area contributed by atoms with E-state index in [9.17, 15) is 14.9 Å². The number of benzene rings is 2. The molecule has 0 radical (unpaired) electrons. The number of carbonyl (C=O) groups excluding carboxylic acids is 1. The van der Waals surface area contributed by atoms with E-state index in [1.165, 1.54) is 35.2 Å². The van der Waals surface area contributed by atoms with E-state index in [-0.39, 0.29) is 17.6 Å². The van der Waals surface area contributed by atoms with Gasteiger partial charge in [0.1, 0.15) is 0 Å². The van der Waals surface area contributed by atoms with Gasteiger partial charge in [0, 0.05) is 48.8 Å². The van der Waals surface area contributed by atoms with Crippen molar-refractivity contribution >= 4 is 57.9 Å². The number of thiazole rings is 1. The molecule has 1 saturated heterocycles. The SMILES string of the molecule is O=C(CSc1nc(-c2ccc([N+](=O)[O-])cc2)cs1)NC1CCN(Cc2ccc(Cl)c(Cl)c2)CC1. The van der Waals surface area contributed by atoms with Crippen LogP contribution in [0.5, 0.6) is 0 Å². The van der Waals surface area contributed by atoms with Gasteiger partial charge >= 0.3 is 0 Å². The minimum Gasteiger partial charge on any atom is -0.353 e. The van der Waals surface area contributed by atoms with Crippen molar-refractivity contribution in [3.8, 4) is 11.3 Å². The van der Waals surface area contributed by atoms with E-state index < -0.39 is 4.92 Å². The number of amides is 1. The molecule has 178 valence electrons. The number of halogens is 2. The quantitative estimate of drug-likeness (QED) is 0.219. The van der Waals surface area contributed by atoms with Gasteiger partial charge in [-0.25, -0.2) is 4.98 Å². The van der Waals surface area contributed by atoms with Gasteiger partial charge in [-0.15, -0.1) is 11.3 Å². The third kappa shape index (κ3) is 6.70. The summed E-state index contributed by atoms with van der Waals surface area (Å²) in [6.45, 7) is 2.63. The minimum atomic E-state index is -0.426. The molecule has 34 heavy (non-hydrogen) atoms. The largest absolute Gasteiger partial charge is 0.353 e. The molecule has 1 aromatic heterocycles. The van der Waals surface area contributed by atoms with Crippen LogP contribution in [0.25, 0.3) is 11.3 Å². The molecule has 0 bridgehead atoms. The third-order valence-electron chi connectivity index (χ3n) is 5.53. The zero-order valence-electron chi connectivity index (χ0n) is 18.1. The fraction of sp³-hybridized carbons (Fsp3) is 0.304. The molecule has 2 aromatic carbocycles. The normalized spacial score (nSPS) is 14.8. The number of likely N-dealkylation sites (tertiary alicyclic amines) is 1. The van der Waals surface area contributed by atoms with Crippen LogP contribution in [-0.4, -0.2) is 45.6 Å². The second kappa shape index (κ2) is 11.5. The Morgan fingerprint density at radius 3 is 2.59 bits per heavy atom. The fourth-order valence-electron chi connectivity index (χ4n) is 3.74. The lowest BCUT2D eigenvalue weighted by Gasteiger charge is -2.32. The maximum atomic E-state index is 12.4. The number of hydrogen-bond acceptors (Lipinski definition) is 7. The van der Waals surface area contributed by atoms with Crippen molar-refractivity contribution in [2.45, 2.75) is 29.8 Å². The number of aromatic nitrogens is 1. The summed E-state index contributed by atoms with van der Waals surface area (Å²) in [5.74, 6) is 0.302. The summed E-state index contributed by atoms with van der Waals surface area (Å²) in [6.07, 6.45) is 1.80. The second-order valence-corrected chi connectivity index (χ2v) is 10.9. The maximum absolute atomic E-state index is 12.4. The van der Waals surface area contributed by atoms with Gasteiger partial charge in [0.25, 0.3) is 5.69 Å². The van der Waals surface area contributed by atoms with E-state index >= 15 is 0 Å². The Hall–Kier alpha value is -2.17. The summed E-state index contributed by atoms with van der Waals surface area (Å²) < 4.78 is 0.792. The molecule has 0 aliphatic carbocycles. The van der Waals surface area contributed by atoms with Gasteiger partial charge in [-0.1, -0.05) is 41.0 Å². The van der Waals surface area contributed by atoms with Crippen molar-refractivity contribution in [2.75, 3.05) is 18.8 Å². The van der Waals surface area contributed by atoms with Crippen LogP contribution in [0.4, 0.5) is 5.69 Å². The van der Waals surface area contributed by atoms with Crippen molar-refractivity contribution in [3.05, 3.63) is 73.6 Å². The molecule has 1 aliphatic rings. The average molecular weight is 537 g/mol. The Bertz CT molecular complexity index is 1170. The molecule has 7 nitrogen and oxygen atoms in total. The van der Waals surface area contributed by atoms with Gasteiger partial charge in [-0.05, 0) is 42.7 Å². The number of nitrogens with zero attached hydrogens (tertiary/aromatic N) is 3. The van der Waals surface area contributed by atoms with Crippen LogP contribution in [0.15, 0.2) is 52.2 Å². The predicted octanol–water partition coefficient (Wildman–Crippen LogP) is 5.90. The molecule has 1 aliphatic heterocycles. The molecule has 0 saturated carbocycles. The highest BCUT2D eigenvalue weighted by Gasteiger charge is 2.21. The van der Waals surface area contributed by atoms with E-state index in [0.29, 0.717) is 15.8 Å². The van der Waals surface area contributed by atoms with Gasteiger partial charge in [-0.3, -0.25) is 19.8 Å². The molecular weight excluding hydrogens is 515 g/mol. The zero-order chi connectivity index (χ0) is 24.1. The Labute approximate surface area is 215 Å². The van der Waals surface area contributed by atoms with Crippen LogP contribution >= 0.6 is 46.3 Å². The summed E-state index contributed by atoms with van der Waals surface area (Å²) in [4.78, 5) is 29.7. The Balaban J connectivity index is 1.20. The monoisotopic (exact) mass is 536 g/mol. The standard InChI is InChI=1S/C23H22Cl2N4O3S2/c24-19-6-1-15(11-20(19)25)12-28-9-7-17(8-10-28)26-22(30)14-34-23-27-21(13-33-23)16-2-4-18(5-3-16)29(31)32/h1-6,11,13,17H,7-10,12,14H2,(H,26,30). The van der Waals surface area contributed by atoms with Crippen LogP contribution < -0.4 is 5.32 Å². The molecule has 11 heteroatoms. The van der Waals surface area contributed by atoms with Gasteiger partial charge in [0.05, 0.1) is 26.4 Å². The van der Waals surface area contributed by atoms with E-state index in [1.807, 2.05) is 23.6 Å². The summed E-state index contributed by atoms with van der Waals surface area (Å²) in [6, 6.07) is 12.2. The summed E-state index contributed by atoms with van der Waals surface area (Å²) in [5.41, 5.74) is 2.73. The number of nitro groups is 1. The van der Waals surface area contributed by atoms with Crippen molar-refractivity contribution in [2.24, 2.45) is 0 Å². The number of rotatable bonds is 8. The molecule has 3 aromatic rings. The number of nitrogens with one attached hydrogen (secondary N) is 1. The molecule has 1 N–H and O–H groups in total. The first-order valence-electron chi connectivity index (χ1n) is 10.7. The van der Waals surface area contributed by atoms with E-state index in [1.54, 1.807) is 12.1 Å². The lowest BCUT2D eigenvalue weighted by atomic mass is 10.0. The van der Waals surface area contributed by atoms with E-state index in [2.05, 4.69) is 15.2 Å². The van der Waals surface area contributed by atoms with Crippen molar-refractivity contribution < 1.29 is 9.72 Å². The number of carbonyl (C=O) groups is 1. The van der Waals surface area contributed by atoms with Crippen LogP contribution in [0.1, 0.15) is 18.4 Å². The molecule has 1 amide bonds. The summed E-state index contributed by atoms with van der Waals surface area (Å²) in [5, 5.41) is 17.0. The molecule has 1 fully saturated rings. The smallest absolute Gasteiger partial charge is 0.269 e. The zero-order valence-corrected chi connectivity index (χ0v) is 21.2. The number of thioether (sulfide) groups is 1. The van der Waals surface area contributed by atoms with Crippen molar-refractivity contribution in [1.29, 1.82) is 0 Å². The molecule has 0 atom stereocenters. The van der Waals surface area contributed by atoms with Crippen molar-refractivity contribution in [3.63, 3.8) is 0 Å². The van der Waals surface area contributed by atoms with Gasteiger partial charge in [0.2, 0.25) is 5.91 Å². The fourth-order valence-corrected chi connectivity index (χ4v) is 5.71. The number of non-ortho nitro benzene ring substituents is 1. The van der Waals surface area contributed by atoms with Crippen LogP contribution in [0.2, 0.25) is 10.0 Å². The Morgan fingerprint density at radius 2 is 1.91 bits per heavy atom. The Morgan fingerprint density at radius 1 is 1.18 bits per heavy atom. The third-order valence-corrected chi connectivity index (χ3v) is 8.29. The number of hydrogen-bond donors (Lipinski definition) is 1. The molecule has 2 heterocycles. The minimum absolute atomic E-state index is 0.0000176. The number of nitro benzene ring substituents is 1. The van der Waals surface area contributed by atoms with Gasteiger partial charge in [-0.2, -0.15) is 0 Å². The maximum Gasteiger partial charge on any atom is 0.269 e. The summed E-state index contributed by atoms with van der Waals surface area (Å²) in [7, 11) is 0. The first-order chi connectivity index (χ1) is 16.4. The molecular formula is C23H22Cl2N4O3S2. The predicted molar refractivity (Wildman–Crippen MR) is 138 cm³/mol. The Kier molecular flexibility index (Phi) is 8.44. The topological polar surface area (TPSA) is 88.4 Å². The van der Waals surface area contributed by atoms with Crippen LogP contribution in [-0.2, 0) is 11.3 Å². The van der Waals surface area contributed by atoms with Crippen LogP contribution in [0.3, 0.4) is 0 Å². The highest BCUT2D eigenvalue weighted by atomic mass is 35.5. The first kappa shape index (κ1) is 24.9. The average Bonchev–Trinajstić information content (AvgIpc) is 3.31.